The molecule has 2 aliphatic carbocycles. The van der Waals surface area contributed by atoms with Crippen molar-refractivity contribution < 1.29 is 4.21 Å². The van der Waals surface area contributed by atoms with Crippen molar-refractivity contribution in [1.29, 1.82) is 4.78 Å². The average molecular weight is 362 g/mol. The number of hydrogen-bond donors (Lipinski definition) is 2. The van der Waals surface area contributed by atoms with Crippen molar-refractivity contribution in [1.82, 2.24) is 15.0 Å². The highest BCUT2D eigenvalue weighted by Gasteiger charge is 2.30. The van der Waals surface area contributed by atoms with Crippen LogP contribution in [-0.2, 0) is 9.73 Å². The highest BCUT2D eigenvalue weighted by atomic mass is 32.2. The molecule has 2 aromatic heterocycles. The molecule has 2 N–H and O–H groups in total. The van der Waals surface area contributed by atoms with Gasteiger partial charge in [0.1, 0.15) is 17.8 Å². The number of H-pyrrole nitrogens is 1. The summed E-state index contributed by atoms with van der Waals surface area (Å²) in [7, 11) is -0.256. The molecule has 2 saturated carbocycles. The molecule has 0 amide bonds. The predicted molar refractivity (Wildman–Crippen MR) is 101 cm³/mol. The zero-order valence-electron chi connectivity index (χ0n) is 14.8. The minimum absolute atomic E-state index is 0.450. The lowest BCUT2D eigenvalue weighted by molar-refractivity contribution is 0.342. The Morgan fingerprint density at radius 3 is 2.44 bits per heavy atom. The van der Waals surface area contributed by atoms with Crippen molar-refractivity contribution in [2.75, 3.05) is 23.5 Å². The van der Waals surface area contributed by atoms with Gasteiger partial charge in [-0.1, -0.05) is 0 Å². The lowest BCUT2D eigenvalue weighted by Crippen LogP contribution is -2.37. The lowest BCUT2D eigenvalue weighted by atomic mass is 9.86. The van der Waals surface area contributed by atoms with Crippen LogP contribution in [0.15, 0.2) is 18.6 Å². The Morgan fingerprint density at radius 2 is 1.80 bits per heavy atom. The normalized spacial score (nSPS) is 26.4. The molecule has 0 spiro atoms. The quantitative estimate of drug-likeness (QED) is 0.825. The van der Waals surface area contributed by atoms with E-state index >= 15 is 0 Å². The summed E-state index contributed by atoms with van der Waals surface area (Å²) in [6.07, 6.45) is 10.2. The number of nitrogens with one attached hydrogen (secondary N) is 2. The van der Waals surface area contributed by atoms with Gasteiger partial charge in [0.25, 0.3) is 0 Å². The molecule has 2 aliphatic rings. The van der Waals surface area contributed by atoms with Gasteiger partial charge >= 0.3 is 0 Å². The van der Waals surface area contributed by atoms with Crippen LogP contribution in [-0.4, -0.2) is 43.8 Å². The topological polar surface area (TPSA) is 85.7 Å². The van der Waals surface area contributed by atoms with Crippen molar-refractivity contribution in [3.63, 3.8) is 0 Å². The van der Waals surface area contributed by atoms with Gasteiger partial charge in [0.2, 0.25) is 0 Å². The van der Waals surface area contributed by atoms with Gasteiger partial charge in [-0.3, -0.25) is 4.78 Å². The van der Waals surface area contributed by atoms with E-state index in [-0.39, 0.29) is 0 Å². The fourth-order valence-corrected chi connectivity index (χ4v) is 6.45. The highest BCUT2D eigenvalue weighted by Crippen LogP contribution is 2.34. The molecule has 0 aliphatic heterocycles. The summed E-state index contributed by atoms with van der Waals surface area (Å²) in [4.78, 5) is 14.2. The van der Waals surface area contributed by atoms with Crippen molar-refractivity contribution in [2.24, 2.45) is 11.8 Å². The summed E-state index contributed by atoms with van der Waals surface area (Å²) in [5.74, 6) is 3.25. The van der Waals surface area contributed by atoms with E-state index in [1.807, 2.05) is 12.3 Å². The number of rotatable bonds is 6. The summed E-state index contributed by atoms with van der Waals surface area (Å²) in [6, 6.07) is 2.48. The van der Waals surface area contributed by atoms with E-state index in [2.05, 4.69) is 26.9 Å². The SMILES string of the molecule is CN(c1ncnc2[nH]ccc12)[C@H]1CC[C@H](C[S@@](=N)(=O)CC2CC2)CC1. The van der Waals surface area contributed by atoms with Crippen LogP contribution in [0.25, 0.3) is 11.0 Å². The molecule has 2 fully saturated rings. The Bertz CT molecular complexity index is 834. The minimum Gasteiger partial charge on any atom is -0.356 e. The molecule has 1 atom stereocenters. The van der Waals surface area contributed by atoms with Gasteiger partial charge in [0, 0.05) is 40.5 Å². The highest BCUT2D eigenvalue weighted by molar-refractivity contribution is 7.92. The first-order valence-electron chi connectivity index (χ1n) is 9.27. The second-order valence-electron chi connectivity index (χ2n) is 7.81. The number of aromatic nitrogens is 3. The van der Waals surface area contributed by atoms with Gasteiger partial charge in [-0.15, -0.1) is 0 Å². The van der Waals surface area contributed by atoms with Gasteiger partial charge < -0.3 is 9.88 Å². The lowest BCUT2D eigenvalue weighted by Gasteiger charge is -2.35. The van der Waals surface area contributed by atoms with Gasteiger partial charge in [-0.25, -0.2) is 14.2 Å². The summed E-state index contributed by atoms with van der Waals surface area (Å²) in [5, 5.41) is 1.06. The predicted octanol–water partition coefficient (Wildman–Crippen LogP) is 3.41. The third-order valence-corrected chi connectivity index (χ3v) is 7.76. The molecule has 4 rings (SSSR count). The van der Waals surface area contributed by atoms with Crippen LogP contribution < -0.4 is 4.90 Å². The molecule has 0 unspecified atom stereocenters. The van der Waals surface area contributed by atoms with Crippen LogP contribution in [0, 0.1) is 16.6 Å². The van der Waals surface area contributed by atoms with E-state index in [9.17, 15) is 4.21 Å². The monoisotopic (exact) mass is 361 g/mol. The van der Waals surface area contributed by atoms with E-state index in [4.69, 9.17) is 4.78 Å². The molecule has 6 nitrogen and oxygen atoms in total. The Hall–Kier alpha value is -1.63. The first-order chi connectivity index (χ1) is 12.0. The maximum Gasteiger partial charge on any atom is 0.142 e. The zero-order chi connectivity index (χ0) is 17.4. The molecule has 2 aromatic rings. The Kier molecular flexibility index (Phi) is 4.43. The second kappa shape index (κ2) is 6.59. The average Bonchev–Trinajstić information content (AvgIpc) is 3.25. The smallest absolute Gasteiger partial charge is 0.142 e. The molecule has 0 radical (unpaired) electrons. The Morgan fingerprint density at radius 1 is 1.16 bits per heavy atom. The molecule has 0 bridgehead atoms. The number of anilines is 1. The molecule has 2 heterocycles. The largest absolute Gasteiger partial charge is 0.356 e. The molecule has 7 heteroatoms. The maximum atomic E-state index is 12.5. The summed E-state index contributed by atoms with van der Waals surface area (Å²) in [5.41, 5.74) is 0.875. The van der Waals surface area contributed by atoms with Crippen LogP contribution >= 0.6 is 0 Å². The molecule has 136 valence electrons. The van der Waals surface area contributed by atoms with E-state index in [1.54, 1.807) is 6.33 Å². The standard InChI is InChI=1S/C18H27N5OS/c1-23(18-16-8-9-20-17(16)21-12-22-18)15-6-4-14(5-7-15)11-25(19,24)10-13-2-3-13/h8-9,12-15,19H,2-7,10-11H2,1H3,(H,20,21,22)/t14-,15-,25-/m0/s1. The summed E-state index contributed by atoms with van der Waals surface area (Å²) < 4.78 is 20.7. The third-order valence-electron chi connectivity index (χ3n) is 5.74. The second-order valence-corrected chi connectivity index (χ2v) is 10.1. The van der Waals surface area contributed by atoms with Gasteiger partial charge in [-0.2, -0.15) is 0 Å². The van der Waals surface area contributed by atoms with Crippen LogP contribution in [0.1, 0.15) is 38.5 Å². The van der Waals surface area contributed by atoms with Gasteiger partial charge in [0.15, 0.2) is 0 Å². The van der Waals surface area contributed by atoms with Crippen molar-refractivity contribution >= 4 is 26.6 Å². The van der Waals surface area contributed by atoms with E-state index in [0.717, 1.165) is 42.5 Å². The van der Waals surface area contributed by atoms with Crippen LogP contribution in [0.5, 0.6) is 0 Å². The molecular formula is C18H27N5OS. The molecule has 0 aromatic carbocycles. The third kappa shape index (κ3) is 3.81. The van der Waals surface area contributed by atoms with E-state index in [0.29, 0.717) is 29.4 Å². The number of hydrogen-bond acceptors (Lipinski definition) is 5. The van der Waals surface area contributed by atoms with Crippen molar-refractivity contribution in [2.45, 2.75) is 44.6 Å². The first-order valence-corrected chi connectivity index (χ1v) is 11.2. The minimum atomic E-state index is -2.37. The van der Waals surface area contributed by atoms with E-state index < -0.39 is 9.73 Å². The maximum absolute atomic E-state index is 12.5. The number of nitrogens with zero attached hydrogens (tertiary/aromatic N) is 3. The number of fused-ring (bicyclic) bond motifs is 1. The zero-order valence-corrected chi connectivity index (χ0v) is 15.6. The van der Waals surface area contributed by atoms with Crippen molar-refractivity contribution in [3.8, 4) is 0 Å². The Balaban J connectivity index is 1.37. The van der Waals surface area contributed by atoms with Crippen LogP contribution in [0.2, 0.25) is 0 Å². The molecular weight excluding hydrogens is 334 g/mol. The van der Waals surface area contributed by atoms with Crippen molar-refractivity contribution in [3.05, 3.63) is 18.6 Å². The summed E-state index contributed by atoms with van der Waals surface area (Å²) >= 11 is 0. The molecule has 0 saturated heterocycles. The van der Waals surface area contributed by atoms with Gasteiger partial charge in [-0.05, 0) is 56.4 Å². The van der Waals surface area contributed by atoms with Crippen LogP contribution in [0.4, 0.5) is 5.82 Å². The fraction of sp³-hybridized carbons (Fsp3) is 0.667. The fourth-order valence-electron chi connectivity index (χ4n) is 4.13. The van der Waals surface area contributed by atoms with Gasteiger partial charge in [0.05, 0.1) is 5.39 Å². The number of aromatic amines is 1. The molecule has 25 heavy (non-hydrogen) atoms. The van der Waals surface area contributed by atoms with E-state index in [1.165, 1.54) is 12.8 Å². The first kappa shape index (κ1) is 16.8. The van der Waals surface area contributed by atoms with Crippen LogP contribution in [0.3, 0.4) is 0 Å². The summed E-state index contributed by atoms with van der Waals surface area (Å²) in [6.45, 7) is 0. The Labute approximate surface area is 149 Å².